The number of nitrogens with zero attached hydrogens (tertiary/aromatic N) is 5. The maximum Gasteiger partial charge on any atom is 0.243 e. The Labute approximate surface area is 291 Å². The highest BCUT2D eigenvalue weighted by atomic mass is 32.1. The Morgan fingerprint density at radius 2 is 1.96 bits per heavy atom. The molecule has 0 unspecified atom stereocenters. The molecule has 1 aliphatic carbocycles. The fourth-order valence-electron chi connectivity index (χ4n) is 7.71. The van der Waals surface area contributed by atoms with Crippen LogP contribution < -0.4 is 20.7 Å². The summed E-state index contributed by atoms with van der Waals surface area (Å²) in [5.74, 6) is -1.45. The number of aromatic nitrogens is 3. The maximum atomic E-state index is 17.0. The van der Waals surface area contributed by atoms with Gasteiger partial charge in [0.15, 0.2) is 10.9 Å². The first-order chi connectivity index (χ1) is 24.1. The zero-order valence-electron chi connectivity index (χ0n) is 27.7. The molecule has 264 valence electrons. The first kappa shape index (κ1) is 33.1. The number of benzene rings is 1. The van der Waals surface area contributed by atoms with E-state index in [1.807, 2.05) is 4.90 Å². The predicted molar refractivity (Wildman–Crippen MR) is 185 cm³/mol. The van der Waals surface area contributed by atoms with Gasteiger partial charge in [-0.15, -0.1) is 0 Å². The zero-order chi connectivity index (χ0) is 34.8. The van der Waals surface area contributed by atoms with E-state index in [1.165, 1.54) is 24.4 Å². The van der Waals surface area contributed by atoms with Crippen molar-refractivity contribution in [1.82, 2.24) is 25.2 Å². The smallest absolute Gasteiger partial charge is 0.243 e. The van der Waals surface area contributed by atoms with Gasteiger partial charge >= 0.3 is 0 Å². The number of thiazole rings is 1. The molecule has 50 heavy (non-hydrogen) atoms. The number of fused-ring (bicyclic) bond motifs is 3. The number of nitrogens with one attached hydrogen (secondary N) is 1. The van der Waals surface area contributed by atoms with Gasteiger partial charge in [-0.25, -0.2) is 18.7 Å². The summed E-state index contributed by atoms with van der Waals surface area (Å²) in [4.78, 5) is 30.3. The lowest BCUT2D eigenvalue weighted by Crippen LogP contribution is -2.49. The summed E-state index contributed by atoms with van der Waals surface area (Å²) >= 11 is 0.978. The van der Waals surface area contributed by atoms with Crippen LogP contribution in [0.2, 0.25) is 0 Å². The Balaban J connectivity index is 1.28. The van der Waals surface area contributed by atoms with Crippen molar-refractivity contribution in [2.24, 2.45) is 5.41 Å². The zero-order valence-corrected chi connectivity index (χ0v) is 28.5. The SMILES string of the molecule is C=CC(=O)N[C@H]1COCCN(c2c3c(nc4c(F)c(-c5ccc(F)c6sc(N)nc56)ncc24)O[C@@H](C2(CN4CCOCC4)CC2)C[C@]3(C)O)C1. The maximum absolute atomic E-state index is 17.0. The molecule has 2 saturated heterocycles. The molecule has 0 radical (unpaired) electrons. The highest BCUT2D eigenvalue weighted by molar-refractivity contribution is 7.22. The number of amides is 1. The quantitative estimate of drug-likeness (QED) is 0.241. The van der Waals surface area contributed by atoms with Gasteiger partial charge in [-0.1, -0.05) is 17.9 Å². The molecule has 0 bridgehead atoms. The second kappa shape index (κ2) is 12.6. The van der Waals surface area contributed by atoms with Crippen molar-refractivity contribution < 1.29 is 32.9 Å². The van der Waals surface area contributed by atoms with Crippen molar-refractivity contribution in [2.75, 3.05) is 69.8 Å². The molecule has 3 aliphatic heterocycles. The van der Waals surface area contributed by atoms with E-state index in [-0.39, 0.29) is 62.0 Å². The van der Waals surface area contributed by atoms with Crippen LogP contribution in [0.4, 0.5) is 19.6 Å². The molecule has 1 amide bonds. The van der Waals surface area contributed by atoms with E-state index < -0.39 is 23.3 Å². The summed E-state index contributed by atoms with van der Waals surface area (Å²) in [6.07, 6.45) is 4.55. The first-order valence-corrected chi connectivity index (χ1v) is 17.7. The monoisotopic (exact) mass is 707 g/mol. The number of ether oxygens (including phenoxy) is 3. The van der Waals surface area contributed by atoms with Crippen LogP contribution in [0.5, 0.6) is 5.88 Å². The molecule has 4 N–H and O–H groups in total. The number of nitrogen functional groups attached to an aromatic ring is 1. The van der Waals surface area contributed by atoms with Crippen molar-refractivity contribution in [2.45, 2.75) is 43.9 Å². The molecule has 1 aromatic carbocycles. The van der Waals surface area contributed by atoms with Crippen molar-refractivity contribution >= 4 is 49.2 Å². The minimum Gasteiger partial charge on any atom is -0.473 e. The number of anilines is 2. The molecule has 0 spiro atoms. The Morgan fingerprint density at radius 3 is 2.72 bits per heavy atom. The van der Waals surface area contributed by atoms with Crippen LogP contribution in [0, 0.1) is 17.0 Å². The molecule has 3 fully saturated rings. The van der Waals surface area contributed by atoms with Crippen molar-refractivity contribution in [1.29, 1.82) is 0 Å². The summed E-state index contributed by atoms with van der Waals surface area (Å²) in [5.41, 5.74) is 5.69. The van der Waals surface area contributed by atoms with Crippen molar-refractivity contribution in [3.63, 3.8) is 0 Å². The lowest BCUT2D eigenvalue weighted by atomic mass is 9.80. The number of carbonyl (C=O) groups excluding carboxylic acids is 1. The number of carbonyl (C=O) groups is 1. The van der Waals surface area contributed by atoms with Crippen LogP contribution in [0.3, 0.4) is 0 Å². The molecule has 4 aliphatic rings. The van der Waals surface area contributed by atoms with Gasteiger partial charge in [-0.2, -0.15) is 0 Å². The number of halogens is 2. The van der Waals surface area contributed by atoms with Crippen LogP contribution in [-0.2, 0) is 19.9 Å². The summed E-state index contributed by atoms with van der Waals surface area (Å²) < 4.78 is 50.1. The number of nitrogens with two attached hydrogens (primary N) is 1. The molecule has 3 atom stereocenters. The third-order valence-corrected chi connectivity index (χ3v) is 11.3. The Hall–Kier alpha value is -4.02. The highest BCUT2D eigenvalue weighted by Crippen LogP contribution is 2.57. The third kappa shape index (κ3) is 5.84. The second-order valence-electron chi connectivity index (χ2n) is 13.9. The molecule has 3 aromatic heterocycles. The summed E-state index contributed by atoms with van der Waals surface area (Å²) in [6, 6.07) is 2.26. The molecular weight excluding hydrogens is 668 g/mol. The lowest BCUT2D eigenvalue weighted by molar-refractivity contribution is -0.117. The minimum atomic E-state index is -1.40. The van der Waals surface area contributed by atoms with E-state index in [4.69, 9.17) is 24.9 Å². The van der Waals surface area contributed by atoms with Crippen LogP contribution in [-0.4, -0.2) is 102 Å². The number of aliphatic hydroxyl groups is 1. The van der Waals surface area contributed by atoms with Gasteiger partial charge in [0.1, 0.15) is 23.1 Å². The number of hydrogen-bond acceptors (Lipinski definition) is 12. The van der Waals surface area contributed by atoms with Crippen molar-refractivity contribution in [3.05, 3.63) is 48.2 Å². The molecule has 4 aromatic rings. The molecule has 8 rings (SSSR count). The van der Waals surface area contributed by atoms with E-state index in [2.05, 4.69) is 26.8 Å². The molecule has 12 nitrogen and oxygen atoms in total. The summed E-state index contributed by atoms with van der Waals surface area (Å²) in [7, 11) is 0. The van der Waals surface area contributed by atoms with E-state index in [0.29, 0.717) is 56.0 Å². The van der Waals surface area contributed by atoms with Crippen molar-refractivity contribution in [3.8, 4) is 17.1 Å². The van der Waals surface area contributed by atoms with E-state index in [0.717, 1.165) is 43.8 Å². The fraction of sp³-hybridized carbons (Fsp3) is 0.486. The van der Waals surface area contributed by atoms with Gasteiger partial charge in [-0.05, 0) is 38.0 Å². The second-order valence-corrected chi connectivity index (χ2v) is 14.9. The predicted octanol–water partition coefficient (Wildman–Crippen LogP) is 3.75. The fourth-order valence-corrected chi connectivity index (χ4v) is 8.48. The van der Waals surface area contributed by atoms with E-state index in [1.54, 1.807) is 6.92 Å². The Morgan fingerprint density at radius 1 is 1.18 bits per heavy atom. The third-order valence-electron chi connectivity index (χ3n) is 10.4. The summed E-state index contributed by atoms with van der Waals surface area (Å²) in [6.45, 7) is 10.4. The standard InChI is InChI=1S/C35H39F2N7O5S/c1-3-24(45)40-19-16-44(10-13-48-17-19)30-21-15-39-27(20-4-5-22(36)31-29(20)42-33(38)50-31)26(37)28(21)41-32-25(30)34(2,46)14-23(49-32)35(6-7-35)18-43-8-11-47-12-9-43/h3-5,15,19,23,46H,1,6-14,16-18H2,2H3,(H2,38,42)(H,40,45)/t19-,23-,34+/m1/s1. The highest BCUT2D eigenvalue weighted by Gasteiger charge is 2.56. The number of rotatable bonds is 7. The topological polar surface area (TPSA) is 148 Å². The van der Waals surface area contributed by atoms with E-state index >= 15 is 4.39 Å². The molecular formula is C35H39F2N7O5S. The normalized spacial score (nSPS) is 25.2. The van der Waals surface area contributed by atoms with Crippen LogP contribution in [0.15, 0.2) is 31.0 Å². The summed E-state index contributed by atoms with van der Waals surface area (Å²) in [5, 5.41) is 15.8. The minimum absolute atomic E-state index is 0.0178. The van der Waals surface area contributed by atoms with Gasteiger partial charge in [0.2, 0.25) is 11.8 Å². The number of hydrogen-bond donors (Lipinski definition) is 3. The van der Waals surface area contributed by atoms with Gasteiger partial charge in [0, 0.05) is 61.7 Å². The van der Waals surface area contributed by atoms with Gasteiger partial charge in [0.05, 0.1) is 59.5 Å². The van der Waals surface area contributed by atoms with Gasteiger partial charge in [0.25, 0.3) is 0 Å². The van der Waals surface area contributed by atoms with Gasteiger partial charge in [-0.3, -0.25) is 14.7 Å². The van der Waals surface area contributed by atoms with E-state index in [9.17, 15) is 14.3 Å². The first-order valence-electron chi connectivity index (χ1n) is 16.9. The average molecular weight is 708 g/mol. The number of pyridine rings is 2. The molecule has 6 heterocycles. The largest absolute Gasteiger partial charge is 0.473 e. The Kier molecular flexibility index (Phi) is 8.38. The van der Waals surface area contributed by atoms with Gasteiger partial charge < -0.3 is 35.3 Å². The van der Waals surface area contributed by atoms with Crippen LogP contribution >= 0.6 is 11.3 Å². The lowest BCUT2D eigenvalue weighted by Gasteiger charge is -2.43. The number of morpholine rings is 1. The Bertz CT molecular complexity index is 2000. The van der Waals surface area contributed by atoms with Crippen LogP contribution in [0.25, 0.3) is 32.4 Å². The molecule has 1 saturated carbocycles. The average Bonchev–Trinajstić information content (AvgIpc) is 3.82. The molecule has 15 heteroatoms. The van der Waals surface area contributed by atoms with Crippen LogP contribution in [0.1, 0.15) is 31.7 Å².